The van der Waals surface area contributed by atoms with Crippen LogP contribution >= 0.6 is 0 Å². The number of carboxylic acid groups (broad SMARTS) is 1. The van der Waals surface area contributed by atoms with Gasteiger partial charge in [0, 0.05) is 5.92 Å². The second-order valence-electron chi connectivity index (χ2n) is 4.37. The fourth-order valence-corrected chi connectivity index (χ4v) is 2.10. The molecule has 1 aromatic carbocycles. The molecule has 3 rings (SSSR count). The average Bonchev–Trinajstić information content (AvgIpc) is 3.04. The molecule has 1 aliphatic rings. The van der Waals surface area contributed by atoms with Gasteiger partial charge in [-0.3, -0.25) is 4.79 Å². The van der Waals surface area contributed by atoms with Crippen LogP contribution in [-0.4, -0.2) is 25.7 Å². The van der Waals surface area contributed by atoms with E-state index in [0.717, 1.165) is 18.7 Å². The van der Waals surface area contributed by atoms with E-state index in [9.17, 15) is 9.90 Å². The third kappa shape index (κ3) is 1.63. The summed E-state index contributed by atoms with van der Waals surface area (Å²) in [5, 5.41) is 18.7. The topological polar surface area (TPSA) is 75.3 Å². The molecule has 0 spiro atoms. The molecule has 1 aliphatic carbocycles. The lowest BCUT2D eigenvalue weighted by molar-refractivity contribution is -0.137. The first-order valence-electron chi connectivity index (χ1n) is 5.56. The molecule has 1 fully saturated rings. The standard InChI is InChI=1S/C12H12N2O3/c15-9-3-1-2-8-11(9)13-12(7-4-5-7)14(8)6-10(16)17/h1-3,7,15H,4-6H2,(H,16,17). The van der Waals surface area contributed by atoms with Gasteiger partial charge < -0.3 is 14.8 Å². The molecule has 0 unspecified atom stereocenters. The van der Waals surface area contributed by atoms with Crippen molar-refractivity contribution in [2.24, 2.45) is 0 Å². The van der Waals surface area contributed by atoms with Crippen LogP contribution in [0, 0.1) is 0 Å². The van der Waals surface area contributed by atoms with E-state index in [2.05, 4.69) is 4.98 Å². The van der Waals surface area contributed by atoms with Gasteiger partial charge >= 0.3 is 5.97 Å². The first-order valence-corrected chi connectivity index (χ1v) is 5.56. The number of phenols is 1. The Kier molecular flexibility index (Phi) is 2.07. The van der Waals surface area contributed by atoms with Crippen LogP contribution in [0.15, 0.2) is 18.2 Å². The molecule has 5 heteroatoms. The molecule has 0 radical (unpaired) electrons. The lowest BCUT2D eigenvalue weighted by atomic mass is 10.3. The average molecular weight is 232 g/mol. The van der Waals surface area contributed by atoms with Crippen molar-refractivity contribution in [3.63, 3.8) is 0 Å². The molecule has 1 heterocycles. The predicted molar refractivity (Wildman–Crippen MR) is 61.0 cm³/mol. The zero-order valence-electron chi connectivity index (χ0n) is 9.13. The highest BCUT2D eigenvalue weighted by molar-refractivity contribution is 5.83. The number of rotatable bonds is 3. The number of para-hydroxylation sites is 1. The van der Waals surface area contributed by atoms with Crippen molar-refractivity contribution in [3.05, 3.63) is 24.0 Å². The van der Waals surface area contributed by atoms with Gasteiger partial charge in [-0.1, -0.05) is 6.07 Å². The van der Waals surface area contributed by atoms with Crippen LogP contribution in [0.2, 0.25) is 0 Å². The minimum atomic E-state index is -0.894. The Bertz CT molecular complexity index is 599. The van der Waals surface area contributed by atoms with Crippen molar-refractivity contribution in [3.8, 4) is 5.75 Å². The van der Waals surface area contributed by atoms with Crippen molar-refractivity contribution in [2.45, 2.75) is 25.3 Å². The van der Waals surface area contributed by atoms with E-state index < -0.39 is 5.97 Å². The fourth-order valence-electron chi connectivity index (χ4n) is 2.10. The first kappa shape index (κ1) is 10.1. The van der Waals surface area contributed by atoms with Crippen LogP contribution in [0.25, 0.3) is 11.0 Å². The minimum Gasteiger partial charge on any atom is -0.506 e. The number of benzene rings is 1. The molecule has 88 valence electrons. The second kappa shape index (κ2) is 3.48. The largest absolute Gasteiger partial charge is 0.506 e. The molecule has 5 nitrogen and oxygen atoms in total. The van der Waals surface area contributed by atoms with Gasteiger partial charge in [0.05, 0.1) is 5.52 Å². The number of carbonyl (C=O) groups is 1. The van der Waals surface area contributed by atoms with Gasteiger partial charge in [-0.25, -0.2) is 4.98 Å². The molecule has 0 atom stereocenters. The molecule has 2 N–H and O–H groups in total. The maximum atomic E-state index is 10.9. The number of carboxylic acids is 1. The van der Waals surface area contributed by atoms with Gasteiger partial charge in [-0.2, -0.15) is 0 Å². The Labute approximate surface area is 97.3 Å². The molecule has 0 bridgehead atoms. The van der Waals surface area contributed by atoms with E-state index in [1.54, 1.807) is 22.8 Å². The molecule has 2 aromatic rings. The quantitative estimate of drug-likeness (QED) is 0.844. The lowest BCUT2D eigenvalue weighted by Gasteiger charge is -2.04. The van der Waals surface area contributed by atoms with Gasteiger partial charge in [0.2, 0.25) is 0 Å². The van der Waals surface area contributed by atoms with E-state index in [-0.39, 0.29) is 12.3 Å². The van der Waals surface area contributed by atoms with Crippen molar-refractivity contribution < 1.29 is 15.0 Å². The summed E-state index contributed by atoms with van der Waals surface area (Å²) < 4.78 is 1.69. The molecule has 1 aromatic heterocycles. The van der Waals surface area contributed by atoms with Crippen molar-refractivity contribution in [2.75, 3.05) is 0 Å². The fraction of sp³-hybridized carbons (Fsp3) is 0.333. The Balaban J connectivity index is 2.23. The Morgan fingerprint density at radius 3 is 2.88 bits per heavy atom. The number of hydrogen-bond donors (Lipinski definition) is 2. The molecule has 0 amide bonds. The molecular formula is C12H12N2O3. The van der Waals surface area contributed by atoms with Crippen LogP contribution in [-0.2, 0) is 11.3 Å². The van der Waals surface area contributed by atoms with Crippen molar-refractivity contribution in [1.29, 1.82) is 0 Å². The minimum absolute atomic E-state index is 0.105. The normalized spacial score (nSPS) is 15.3. The summed E-state index contributed by atoms with van der Waals surface area (Å²) in [6.45, 7) is -0.105. The molecule has 1 saturated carbocycles. The highest BCUT2D eigenvalue weighted by Crippen LogP contribution is 2.41. The zero-order chi connectivity index (χ0) is 12.0. The summed E-state index contributed by atoms with van der Waals surface area (Å²) in [7, 11) is 0. The summed E-state index contributed by atoms with van der Waals surface area (Å²) in [6, 6.07) is 5.06. The maximum Gasteiger partial charge on any atom is 0.323 e. The van der Waals surface area contributed by atoms with Gasteiger partial charge in [0.25, 0.3) is 0 Å². The molecule has 0 saturated heterocycles. The monoisotopic (exact) mass is 232 g/mol. The maximum absolute atomic E-state index is 10.9. The van der Waals surface area contributed by atoms with Crippen LogP contribution in [0.1, 0.15) is 24.6 Å². The Hall–Kier alpha value is -2.04. The van der Waals surface area contributed by atoms with Gasteiger partial charge in [-0.15, -0.1) is 0 Å². The van der Waals surface area contributed by atoms with Crippen molar-refractivity contribution >= 4 is 17.0 Å². The molecule has 17 heavy (non-hydrogen) atoms. The summed E-state index contributed by atoms with van der Waals surface area (Å²) in [5.74, 6) is 0.341. The van der Waals surface area contributed by atoms with Gasteiger partial charge in [-0.05, 0) is 25.0 Å². The number of aromatic nitrogens is 2. The number of phenolic OH excluding ortho intramolecular Hbond substituents is 1. The van der Waals surface area contributed by atoms with E-state index in [4.69, 9.17) is 5.11 Å². The van der Waals surface area contributed by atoms with Crippen LogP contribution < -0.4 is 0 Å². The van der Waals surface area contributed by atoms with Crippen molar-refractivity contribution in [1.82, 2.24) is 9.55 Å². The highest BCUT2D eigenvalue weighted by Gasteiger charge is 2.30. The third-order valence-electron chi connectivity index (χ3n) is 3.02. The number of fused-ring (bicyclic) bond motifs is 1. The second-order valence-corrected chi connectivity index (χ2v) is 4.37. The highest BCUT2D eigenvalue weighted by atomic mass is 16.4. The van der Waals surface area contributed by atoms with Gasteiger partial charge in [0.15, 0.2) is 0 Å². The van der Waals surface area contributed by atoms with E-state index in [1.165, 1.54) is 0 Å². The van der Waals surface area contributed by atoms with Crippen LogP contribution in [0.5, 0.6) is 5.75 Å². The summed E-state index contributed by atoms with van der Waals surface area (Å²) >= 11 is 0. The Morgan fingerprint density at radius 1 is 1.47 bits per heavy atom. The zero-order valence-corrected chi connectivity index (χ0v) is 9.13. The van der Waals surface area contributed by atoms with Gasteiger partial charge in [0.1, 0.15) is 23.6 Å². The number of aliphatic carboxylic acids is 1. The van der Waals surface area contributed by atoms with Crippen LogP contribution in [0.3, 0.4) is 0 Å². The molecular weight excluding hydrogens is 220 g/mol. The van der Waals surface area contributed by atoms with E-state index in [0.29, 0.717) is 17.0 Å². The third-order valence-corrected chi connectivity index (χ3v) is 3.02. The summed E-state index contributed by atoms with van der Waals surface area (Å²) in [6.07, 6.45) is 2.09. The Morgan fingerprint density at radius 2 is 2.24 bits per heavy atom. The number of aromatic hydroxyl groups is 1. The van der Waals surface area contributed by atoms with E-state index in [1.807, 2.05) is 0 Å². The number of nitrogens with zero attached hydrogens (tertiary/aromatic N) is 2. The summed E-state index contributed by atoms with van der Waals surface area (Å²) in [4.78, 5) is 15.3. The smallest absolute Gasteiger partial charge is 0.323 e. The van der Waals surface area contributed by atoms with Crippen LogP contribution in [0.4, 0.5) is 0 Å². The number of hydrogen-bond acceptors (Lipinski definition) is 3. The van der Waals surface area contributed by atoms with E-state index >= 15 is 0 Å². The summed E-state index contributed by atoms with van der Waals surface area (Å²) in [5.41, 5.74) is 1.19. The SMILES string of the molecule is O=C(O)Cn1c(C2CC2)nc2c(O)cccc21. The number of imidazole rings is 1. The first-order chi connectivity index (χ1) is 8.16. The molecule has 0 aliphatic heterocycles. The predicted octanol–water partition coefficient (Wildman–Crippen LogP) is 1.70. The lowest BCUT2D eigenvalue weighted by Crippen LogP contribution is -2.11.